The van der Waals surface area contributed by atoms with E-state index in [9.17, 15) is 0 Å². The number of rotatable bonds is 5. The predicted molar refractivity (Wildman–Crippen MR) is 107 cm³/mol. The van der Waals surface area contributed by atoms with Gasteiger partial charge in [0.25, 0.3) is 0 Å². The van der Waals surface area contributed by atoms with Crippen molar-refractivity contribution in [3.63, 3.8) is 0 Å². The Morgan fingerprint density at radius 2 is 1.88 bits per heavy atom. The number of thiophene rings is 1. The topological polar surface area (TPSA) is 55.1 Å². The summed E-state index contributed by atoms with van der Waals surface area (Å²) in [4.78, 5) is 14.7. The van der Waals surface area contributed by atoms with Crippen LogP contribution in [0.5, 0.6) is 0 Å². The molecule has 3 aromatic heterocycles. The second kappa shape index (κ2) is 7.29. The molecule has 0 radical (unpaired) electrons. The molecule has 0 spiro atoms. The first-order valence-electron chi connectivity index (χ1n) is 9.06. The van der Waals surface area contributed by atoms with Gasteiger partial charge in [0.05, 0.1) is 12.2 Å². The third-order valence-corrected chi connectivity index (χ3v) is 7.24. The molecule has 7 heteroatoms. The van der Waals surface area contributed by atoms with Gasteiger partial charge in [-0.15, -0.1) is 23.1 Å². The first kappa shape index (κ1) is 17.9. The largest absolute Gasteiger partial charge is 0.361 e. The number of hydrogen-bond donors (Lipinski definition) is 0. The van der Waals surface area contributed by atoms with E-state index in [4.69, 9.17) is 14.5 Å². The van der Waals surface area contributed by atoms with Gasteiger partial charge in [-0.1, -0.05) is 5.16 Å². The minimum atomic E-state index is 0.824. The molecule has 3 aromatic rings. The fourth-order valence-corrected chi connectivity index (χ4v) is 5.79. The van der Waals surface area contributed by atoms with Crippen molar-refractivity contribution >= 4 is 33.3 Å². The number of aromatic nitrogens is 3. The average molecular weight is 389 g/mol. The summed E-state index contributed by atoms with van der Waals surface area (Å²) in [6, 6.07) is 0. The van der Waals surface area contributed by atoms with Gasteiger partial charge >= 0.3 is 0 Å². The lowest BCUT2D eigenvalue weighted by atomic mass is 10.2. The Balaban J connectivity index is 1.68. The maximum Gasteiger partial charge on any atom is 0.145 e. The van der Waals surface area contributed by atoms with Crippen LogP contribution < -0.4 is 0 Å². The molecule has 26 heavy (non-hydrogen) atoms. The van der Waals surface area contributed by atoms with Crippen LogP contribution in [0.15, 0.2) is 9.55 Å². The van der Waals surface area contributed by atoms with E-state index in [2.05, 4.69) is 23.9 Å². The molecule has 0 unspecified atom stereocenters. The zero-order chi connectivity index (χ0) is 18.3. The highest BCUT2D eigenvalue weighted by Crippen LogP contribution is 2.37. The summed E-state index contributed by atoms with van der Waals surface area (Å²) >= 11 is 3.55. The van der Waals surface area contributed by atoms with E-state index >= 15 is 0 Å². The average Bonchev–Trinajstić information content (AvgIpc) is 3.29. The van der Waals surface area contributed by atoms with E-state index in [0.717, 1.165) is 52.5 Å². The molecule has 0 bridgehead atoms. The Bertz CT molecular complexity index is 921. The second-order valence-electron chi connectivity index (χ2n) is 6.98. The van der Waals surface area contributed by atoms with Gasteiger partial charge in [-0.2, -0.15) is 0 Å². The first-order valence-corrected chi connectivity index (χ1v) is 10.9. The van der Waals surface area contributed by atoms with E-state index in [1.807, 2.05) is 13.8 Å². The monoisotopic (exact) mass is 388 g/mol. The molecular formula is C19H24N4OS2. The molecule has 4 rings (SSSR count). The van der Waals surface area contributed by atoms with Crippen LogP contribution in [-0.4, -0.2) is 33.1 Å². The molecular weight excluding hydrogens is 364 g/mol. The smallest absolute Gasteiger partial charge is 0.145 e. The lowest BCUT2D eigenvalue weighted by Crippen LogP contribution is -2.20. The maximum absolute atomic E-state index is 5.31. The third-order valence-electron chi connectivity index (χ3n) is 5.14. The molecule has 0 amide bonds. The zero-order valence-electron chi connectivity index (χ0n) is 15.8. The Labute approximate surface area is 162 Å². The van der Waals surface area contributed by atoms with Gasteiger partial charge < -0.3 is 4.52 Å². The van der Waals surface area contributed by atoms with Crippen molar-refractivity contribution in [1.82, 2.24) is 20.0 Å². The lowest BCUT2D eigenvalue weighted by molar-refractivity contribution is 0.322. The molecule has 0 N–H and O–H groups in total. The summed E-state index contributed by atoms with van der Waals surface area (Å²) in [5.74, 6) is 2.67. The van der Waals surface area contributed by atoms with E-state index in [1.165, 1.54) is 34.2 Å². The standard InChI is InChI=1S/C19H24N4OS2/c1-11-14(4)26-19-17(11)18(25-10-15-12(2)22-24-13(15)3)20-16(21-19)9-23-7-5-6-8-23/h5-10H2,1-4H3. The van der Waals surface area contributed by atoms with Crippen LogP contribution in [0.25, 0.3) is 10.2 Å². The van der Waals surface area contributed by atoms with E-state index in [0.29, 0.717) is 0 Å². The van der Waals surface area contributed by atoms with E-state index in [-0.39, 0.29) is 0 Å². The van der Waals surface area contributed by atoms with Crippen molar-refractivity contribution in [3.8, 4) is 0 Å². The summed E-state index contributed by atoms with van der Waals surface area (Å²) < 4.78 is 5.31. The van der Waals surface area contributed by atoms with Gasteiger partial charge in [-0.05, 0) is 59.2 Å². The quantitative estimate of drug-likeness (QED) is 0.462. The number of fused-ring (bicyclic) bond motifs is 1. The van der Waals surface area contributed by atoms with Crippen LogP contribution in [0, 0.1) is 27.7 Å². The molecule has 1 aliphatic rings. The minimum Gasteiger partial charge on any atom is -0.361 e. The molecule has 1 fully saturated rings. The van der Waals surface area contributed by atoms with Crippen LogP contribution in [0.3, 0.4) is 0 Å². The van der Waals surface area contributed by atoms with Gasteiger partial charge in [0.15, 0.2) is 0 Å². The van der Waals surface area contributed by atoms with Gasteiger partial charge in [0.1, 0.15) is 21.4 Å². The lowest BCUT2D eigenvalue weighted by Gasteiger charge is -2.14. The summed E-state index contributed by atoms with van der Waals surface area (Å²) in [6.07, 6.45) is 2.57. The van der Waals surface area contributed by atoms with Crippen LogP contribution >= 0.6 is 23.1 Å². The van der Waals surface area contributed by atoms with Gasteiger partial charge in [-0.3, -0.25) is 4.90 Å². The normalized spacial score (nSPS) is 15.4. The SMILES string of the molecule is Cc1noc(C)c1CSc1nc(CN2CCCC2)nc2sc(C)c(C)c12. The van der Waals surface area contributed by atoms with Crippen LogP contribution in [0.1, 0.15) is 46.1 Å². The highest BCUT2D eigenvalue weighted by molar-refractivity contribution is 7.98. The van der Waals surface area contributed by atoms with Crippen molar-refractivity contribution in [3.05, 3.63) is 33.3 Å². The molecule has 138 valence electrons. The van der Waals surface area contributed by atoms with Gasteiger partial charge in [0, 0.05) is 21.6 Å². The number of hydrogen-bond acceptors (Lipinski definition) is 7. The third kappa shape index (κ3) is 3.40. The predicted octanol–water partition coefficient (Wildman–Crippen LogP) is 4.80. The second-order valence-corrected chi connectivity index (χ2v) is 9.15. The van der Waals surface area contributed by atoms with Gasteiger partial charge in [0.2, 0.25) is 0 Å². The fourth-order valence-electron chi connectivity index (χ4n) is 3.42. The van der Waals surface area contributed by atoms with Crippen molar-refractivity contribution < 1.29 is 4.52 Å². The Morgan fingerprint density at radius 1 is 1.12 bits per heavy atom. The highest BCUT2D eigenvalue weighted by Gasteiger charge is 2.19. The maximum atomic E-state index is 5.31. The molecule has 5 nitrogen and oxygen atoms in total. The Hall–Kier alpha value is -1.44. The van der Waals surface area contributed by atoms with E-state index in [1.54, 1.807) is 23.1 Å². The van der Waals surface area contributed by atoms with Crippen molar-refractivity contribution in [2.45, 2.75) is 57.9 Å². The summed E-state index contributed by atoms with van der Waals surface area (Å²) in [6.45, 7) is 11.5. The number of aryl methyl sites for hydroxylation is 4. The minimum absolute atomic E-state index is 0.824. The number of nitrogens with zero attached hydrogens (tertiary/aromatic N) is 4. The first-order chi connectivity index (χ1) is 12.5. The zero-order valence-corrected chi connectivity index (χ0v) is 17.4. The van der Waals surface area contributed by atoms with Crippen LogP contribution in [-0.2, 0) is 12.3 Å². The fraction of sp³-hybridized carbons (Fsp3) is 0.526. The highest BCUT2D eigenvalue weighted by atomic mass is 32.2. The molecule has 4 heterocycles. The Kier molecular flexibility index (Phi) is 5.03. The molecule has 0 saturated carbocycles. The van der Waals surface area contributed by atoms with Crippen LogP contribution in [0.4, 0.5) is 0 Å². The summed E-state index contributed by atoms with van der Waals surface area (Å²) in [7, 11) is 0. The van der Waals surface area contributed by atoms with Gasteiger partial charge in [-0.25, -0.2) is 9.97 Å². The summed E-state index contributed by atoms with van der Waals surface area (Å²) in [5, 5.41) is 6.38. The van der Waals surface area contributed by atoms with Crippen molar-refractivity contribution in [2.24, 2.45) is 0 Å². The van der Waals surface area contributed by atoms with Crippen molar-refractivity contribution in [1.29, 1.82) is 0 Å². The molecule has 0 atom stereocenters. The molecule has 1 saturated heterocycles. The number of likely N-dealkylation sites (tertiary alicyclic amines) is 1. The van der Waals surface area contributed by atoms with Crippen molar-refractivity contribution in [2.75, 3.05) is 13.1 Å². The molecule has 1 aliphatic heterocycles. The van der Waals surface area contributed by atoms with Crippen LogP contribution in [0.2, 0.25) is 0 Å². The van der Waals surface area contributed by atoms with E-state index < -0.39 is 0 Å². The molecule has 0 aromatic carbocycles. The number of thioether (sulfide) groups is 1. The Morgan fingerprint density at radius 3 is 2.58 bits per heavy atom. The molecule has 0 aliphatic carbocycles. The summed E-state index contributed by atoms with van der Waals surface area (Å²) in [5.41, 5.74) is 3.45.